The molecule has 1 heterocycles. The second kappa shape index (κ2) is 7.00. The number of nitrogens with zero attached hydrogens (tertiary/aromatic N) is 1. The third kappa shape index (κ3) is 3.35. The Morgan fingerprint density at radius 1 is 1.18 bits per heavy atom. The molecule has 1 aromatic carbocycles. The van der Waals surface area contributed by atoms with Crippen molar-refractivity contribution in [2.45, 2.75) is 12.8 Å². The van der Waals surface area contributed by atoms with Gasteiger partial charge in [-0.1, -0.05) is 0 Å². The number of piperidine rings is 1. The van der Waals surface area contributed by atoms with Crippen LogP contribution in [-0.2, 0) is 4.79 Å². The lowest BCUT2D eigenvalue weighted by Gasteiger charge is -2.30. The van der Waals surface area contributed by atoms with Gasteiger partial charge in [-0.25, -0.2) is 0 Å². The second-order valence-corrected chi connectivity index (χ2v) is 5.89. The molecule has 1 saturated heterocycles. The number of hydrogen-bond acceptors (Lipinski definition) is 4. The van der Waals surface area contributed by atoms with Gasteiger partial charge in [0.15, 0.2) is 0 Å². The van der Waals surface area contributed by atoms with Crippen LogP contribution in [0.3, 0.4) is 0 Å². The summed E-state index contributed by atoms with van der Waals surface area (Å²) in [6.07, 6.45) is 0.956. The lowest BCUT2D eigenvalue weighted by atomic mass is 9.96. The summed E-state index contributed by atoms with van der Waals surface area (Å²) in [4.78, 5) is 25.2. The third-order valence-corrected chi connectivity index (χ3v) is 4.61. The van der Waals surface area contributed by atoms with Crippen LogP contribution < -0.4 is 9.47 Å². The minimum atomic E-state index is -0.793. The van der Waals surface area contributed by atoms with Crippen LogP contribution in [0.1, 0.15) is 23.2 Å². The fraction of sp³-hybridized carbons (Fsp3) is 0.467. The first kappa shape index (κ1) is 16.6. The number of likely N-dealkylation sites (tertiary alicyclic amines) is 1. The number of carboxylic acids is 1. The summed E-state index contributed by atoms with van der Waals surface area (Å²) in [5.74, 6) is -0.267. The van der Waals surface area contributed by atoms with E-state index in [9.17, 15) is 9.59 Å². The van der Waals surface area contributed by atoms with Crippen molar-refractivity contribution in [2.75, 3.05) is 27.3 Å². The molecule has 6 nitrogen and oxygen atoms in total. The minimum Gasteiger partial charge on any atom is -0.495 e. The number of methoxy groups -OCH3 is 2. The van der Waals surface area contributed by atoms with Crippen LogP contribution in [0.25, 0.3) is 0 Å². The number of rotatable bonds is 4. The van der Waals surface area contributed by atoms with E-state index in [1.807, 2.05) is 0 Å². The highest BCUT2D eigenvalue weighted by Crippen LogP contribution is 2.36. The molecule has 0 bridgehead atoms. The van der Waals surface area contributed by atoms with Crippen LogP contribution in [0.5, 0.6) is 11.5 Å². The predicted molar refractivity (Wildman–Crippen MR) is 83.5 cm³/mol. The quantitative estimate of drug-likeness (QED) is 0.879. The molecule has 0 saturated carbocycles. The van der Waals surface area contributed by atoms with Crippen molar-refractivity contribution in [1.82, 2.24) is 4.90 Å². The molecule has 0 unspecified atom stereocenters. The van der Waals surface area contributed by atoms with E-state index < -0.39 is 5.97 Å². The van der Waals surface area contributed by atoms with E-state index in [-0.39, 0.29) is 11.8 Å². The van der Waals surface area contributed by atoms with Gasteiger partial charge in [0.1, 0.15) is 16.0 Å². The van der Waals surface area contributed by atoms with E-state index in [2.05, 4.69) is 15.9 Å². The molecular formula is C15H18BrNO5. The van der Waals surface area contributed by atoms with E-state index in [4.69, 9.17) is 14.6 Å². The van der Waals surface area contributed by atoms with Crippen molar-refractivity contribution in [1.29, 1.82) is 0 Å². The zero-order valence-electron chi connectivity index (χ0n) is 12.5. The van der Waals surface area contributed by atoms with Crippen molar-refractivity contribution in [3.8, 4) is 11.5 Å². The molecule has 7 heteroatoms. The van der Waals surface area contributed by atoms with Gasteiger partial charge in [-0.2, -0.15) is 0 Å². The fourth-order valence-electron chi connectivity index (χ4n) is 2.50. The number of amides is 1. The molecule has 22 heavy (non-hydrogen) atoms. The van der Waals surface area contributed by atoms with E-state index in [1.165, 1.54) is 14.2 Å². The minimum absolute atomic E-state index is 0.145. The van der Waals surface area contributed by atoms with Gasteiger partial charge in [0.25, 0.3) is 5.91 Å². The highest BCUT2D eigenvalue weighted by atomic mass is 79.9. The average Bonchev–Trinajstić information content (AvgIpc) is 2.54. The van der Waals surface area contributed by atoms with Crippen LogP contribution in [0.4, 0.5) is 0 Å². The molecule has 0 spiro atoms. The number of ether oxygens (including phenoxy) is 2. The molecule has 1 aromatic rings. The van der Waals surface area contributed by atoms with Gasteiger partial charge in [-0.05, 0) is 40.9 Å². The maximum absolute atomic E-state index is 12.6. The Bertz CT molecular complexity index is 556. The molecule has 1 fully saturated rings. The first-order chi connectivity index (χ1) is 10.5. The molecule has 0 aliphatic carbocycles. The van der Waals surface area contributed by atoms with E-state index >= 15 is 0 Å². The van der Waals surface area contributed by atoms with Crippen LogP contribution in [0.2, 0.25) is 0 Å². The van der Waals surface area contributed by atoms with Gasteiger partial charge >= 0.3 is 5.97 Å². The SMILES string of the molecule is COc1cc(C(=O)N2CCC(C(=O)O)CC2)cc(OC)c1Br. The number of carboxylic acid groups (broad SMARTS) is 1. The smallest absolute Gasteiger partial charge is 0.306 e. The number of carbonyl (C=O) groups excluding carboxylic acids is 1. The van der Waals surface area contributed by atoms with E-state index in [1.54, 1.807) is 17.0 Å². The van der Waals surface area contributed by atoms with Crippen LogP contribution in [-0.4, -0.2) is 49.2 Å². The molecule has 1 N–H and O–H groups in total. The van der Waals surface area contributed by atoms with Crippen LogP contribution in [0.15, 0.2) is 16.6 Å². The van der Waals surface area contributed by atoms with Crippen molar-refractivity contribution in [3.05, 3.63) is 22.2 Å². The zero-order chi connectivity index (χ0) is 16.3. The summed E-state index contributed by atoms with van der Waals surface area (Å²) in [7, 11) is 3.04. The Kier molecular flexibility index (Phi) is 5.28. The molecule has 0 aromatic heterocycles. The predicted octanol–water partition coefficient (Wildman–Crippen LogP) is 2.40. The number of aliphatic carboxylic acids is 1. The van der Waals surface area contributed by atoms with Crippen molar-refractivity contribution >= 4 is 27.8 Å². The lowest BCUT2D eigenvalue weighted by molar-refractivity contribution is -0.143. The van der Waals surface area contributed by atoms with Gasteiger partial charge < -0.3 is 19.5 Å². The van der Waals surface area contributed by atoms with Gasteiger partial charge in [0, 0.05) is 18.7 Å². The molecule has 1 aliphatic heterocycles. The van der Waals surface area contributed by atoms with Crippen LogP contribution >= 0.6 is 15.9 Å². The van der Waals surface area contributed by atoms with Crippen LogP contribution in [0, 0.1) is 5.92 Å². The van der Waals surface area contributed by atoms with Gasteiger partial charge in [0.2, 0.25) is 0 Å². The normalized spacial score (nSPS) is 15.5. The highest BCUT2D eigenvalue weighted by molar-refractivity contribution is 9.10. The number of halogens is 1. The van der Waals surface area contributed by atoms with Crippen molar-refractivity contribution < 1.29 is 24.2 Å². The highest BCUT2D eigenvalue weighted by Gasteiger charge is 2.28. The lowest BCUT2D eigenvalue weighted by Crippen LogP contribution is -2.40. The fourth-order valence-corrected chi connectivity index (χ4v) is 3.06. The largest absolute Gasteiger partial charge is 0.495 e. The Labute approximate surface area is 137 Å². The van der Waals surface area contributed by atoms with E-state index in [0.29, 0.717) is 47.5 Å². The molecule has 0 atom stereocenters. The molecule has 1 amide bonds. The summed E-state index contributed by atoms with van der Waals surface area (Å²) in [5.41, 5.74) is 0.464. The first-order valence-electron chi connectivity index (χ1n) is 6.91. The molecule has 0 radical (unpaired) electrons. The topological polar surface area (TPSA) is 76.1 Å². The maximum Gasteiger partial charge on any atom is 0.306 e. The maximum atomic E-state index is 12.6. The van der Waals surface area contributed by atoms with Crippen molar-refractivity contribution in [3.63, 3.8) is 0 Å². The zero-order valence-corrected chi connectivity index (χ0v) is 14.1. The van der Waals surface area contributed by atoms with E-state index in [0.717, 1.165) is 0 Å². The number of hydrogen-bond donors (Lipinski definition) is 1. The molecular weight excluding hydrogens is 354 g/mol. The second-order valence-electron chi connectivity index (χ2n) is 5.10. The monoisotopic (exact) mass is 371 g/mol. The summed E-state index contributed by atoms with van der Waals surface area (Å²) in [6.45, 7) is 0.882. The standard InChI is InChI=1S/C15H18BrNO5/c1-21-11-7-10(8-12(22-2)13(11)16)14(18)17-5-3-9(4-6-17)15(19)20/h7-9H,3-6H2,1-2H3,(H,19,20). The third-order valence-electron chi connectivity index (χ3n) is 3.82. The Morgan fingerprint density at radius 3 is 2.09 bits per heavy atom. The molecule has 2 rings (SSSR count). The average molecular weight is 372 g/mol. The van der Waals surface area contributed by atoms with Gasteiger partial charge in [-0.3, -0.25) is 9.59 Å². The molecule has 1 aliphatic rings. The molecule has 120 valence electrons. The van der Waals surface area contributed by atoms with Gasteiger partial charge in [0.05, 0.1) is 20.1 Å². The van der Waals surface area contributed by atoms with Gasteiger partial charge in [-0.15, -0.1) is 0 Å². The summed E-state index contributed by atoms with van der Waals surface area (Å²) >= 11 is 3.36. The Balaban J connectivity index is 2.18. The number of benzene rings is 1. The Morgan fingerprint density at radius 2 is 1.68 bits per heavy atom. The van der Waals surface area contributed by atoms with Crippen molar-refractivity contribution in [2.24, 2.45) is 5.92 Å². The summed E-state index contributed by atoms with van der Waals surface area (Å²) in [6, 6.07) is 3.30. The summed E-state index contributed by atoms with van der Waals surface area (Å²) < 4.78 is 11.1. The Hall–Kier alpha value is -1.76. The first-order valence-corrected chi connectivity index (χ1v) is 7.70. The summed E-state index contributed by atoms with van der Waals surface area (Å²) in [5, 5.41) is 9.01. The number of carbonyl (C=O) groups is 2.